The standard InChI is InChI=1S/C16H21FN2O5S/c1-25(23,24)19-13-10-11(6-7-12(13)17)14(20)18-16(15(21)22)8-4-2-3-5-9-16/h6-7,10,19H,2-5,8-9H2,1H3,(H,18,20)(H,21,22). The molecule has 0 heterocycles. The molecule has 1 saturated carbocycles. The molecule has 0 saturated heterocycles. The van der Waals surface area contributed by atoms with E-state index in [1.165, 1.54) is 6.07 Å². The summed E-state index contributed by atoms with van der Waals surface area (Å²) in [7, 11) is -3.72. The Morgan fingerprint density at radius 3 is 2.28 bits per heavy atom. The van der Waals surface area contributed by atoms with E-state index in [2.05, 4.69) is 5.32 Å². The van der Waals surface area contributed by atoms with E-state index in [-0.39, 0.29) is 11.3 Å². The SMILES string of the molecule is CS(=O)(=O)Nc1cc(C(=O)NC2(C(=O)O)CCCCCC2)ccc1F. The average molecular weight is 372 g/mol. The van der Waals surface area contributed by atoms with Gasteiger partial charge in [0.1, 0.15) is 11.4 Å². The first-order chi connectivity index (χ1) is 11.6. The van der Waals surface area contributed by atoms with Crippen LogP contribution in [0.25, 0.3) is 0 Å². The maximum Gasteiger partial charge on any atom is 0.329 e. The number of amides is 1. The first-order valence-electron chi connectivity index (χ1n) is 7.96. The first kappa shape index (κ1) is 19.2. The topological polar surface area (TPSA) is 113 Å². The Bertz CT molecular complexity index is 771. The van der Waals surface area contributed by atoms with Gasteiger partial charge in [0.2, 0.25) is 10.0 Å². The van der Waals surface area contributed by atoms with Gasteiger partial charge in [-0.15, -0.1) is 0 Å². The Hall–Kier alpha value is -2.16. The fourth-order valence-corrected chi connectivity index (χ4v) is 3.51. The van der Waals surface area contributed by atoms with Crippen LogP contribution >= 0.6 is 0 Å². The normalized spacial score (nSPS) is 17.4. The predicted octanol–water partition coefficient (Wildman–Crippen LogP) is 2.10. The van der Waals surface area contributed by atoms with Crippen LogP contribution in [0.1, 0.15) is 48.9 Å². The lowest BCUT2D eigenvalue weighted by Crippen LogP contribution is -2.54. The summed E-state index contributed by atoms with van der Waals surface area (Å²) in [5.41, 5.74) is -1.73. The van der Waals surface area contributed by atoms with Gasteiger partial charge in [0, 0.05) is 5.56 Å². The van der Waals surface area contributed by atoms with Crippen molar-refractivity contribution in [3.05, 3.63) is 29.6 Å². The van der Waals surface area contributed by atoms with Gasteiger partial charge in [-0.2, -0.15) is 0 Å². The van der Waals surface area contributed by atoms with Crippen LogP contribution in [0.15, 0.2) is 18.2 Å². The molecule has 2 rings (SSSR count). The molecule has 7 nitrogen and oxygen atoms in total. The summed E-state index contributed by atoms with van der Waals surface area (Å²) in [4.78, 5) is 24.2. The highest BCUT2D eigenvalue weighted by Gasteiger charge is 2.40. The number of carbonyl (C=O) groups excluding carboxylic acids is 1. The maximum absolute atomic E-state index is 13.7. The molecule has 9 heteroatoms. The monoisotopic (exact) mass is 372 g/mol. The van der Waals surface area contributed by atoms with Crippen molar-refractivity contribution in [1.82, 2.24) is 5.32 Å². The van der Waals surface area contributed by atoms with Crippen LogP contribution in [0.2, 0.25) is 0 Å². The molecule has 0 unspecified atom stereocenters. The first-order valence-corrected chi connectivity index (χ1v) is 9.85. The number of carboxylic acid groups (broad SMARTS) is 1. The summed E-state index contributed by atoms with van der Waals surface area (Å²) in [5, 5.41) is 12.2. The number of carboxylic acids is 1. The summed E-state index contributed by atoms with van der Waals surface area (Å²) < 4.78 is 38.3. The van der Waals surface area contributed by atoms with Crippen molar-refractivity contribution in [2.75, 3.05) is 11.0 Å². The van der Waals surface area contributed by atoms with E-state index in [9.17, 15) is 27.5 Å². The molecule has 0 radical (unpaired) electrons. The average Bonchev–Trinajstić information content (AvgIpc) is 2.74. The van der Waals surface area contributed by atoms with Gasteiger partial charge in [0.05, 0.1) is 11.9 Å². The lowest BCUT2D eigenvalue weighted by atomic mass is 9.90. The second-order valence-electron chi connectivity index (χ2n) is 6.32. The predicted molar refractivity (Wildman–Crippen MR) is 90.4 cm³/mol. The fourth-order valence-electron chi connectivity index (χ4n) is 2.96. The van der Waals surface area contributed by atoms with Crippen LogP contribution in [0, 0.1) is 5.82 Å². The van der Waals surface area contributed by atoms with Crippen molar-refractivity contribution in [2.24, 2.45) is 0 Å². The highest BCUT2D eigenvalue weighted by atomic mass is 32.2. The van der Waals surface area contributed by atoms with Crippen molar-refractivity contribution in [2.45, 2.75) is 44.1 Å². The second kappa shape index (κ2) is 7.38. The van der Waals surface area contributed by atoms with E-state index < -0.39 is 33.3 Å². The molecule has 1 fully saturated rings. The van der Waals surface area contributed by atoms with Gasteiger partial charge in [-0.1, -0.05) is 25.7 Å². The van der Waals surface area contributed by atoms with Crippen LogP contribution in [0.3, 0.4) is 0 Å². The van der Waals surface area contributed by atoms with Gasteiger partial charge in [0.25, 0.3) is 5.91 Å². The number of hydrogen-bond acceptors (Lipinski definition) is 4. The minimum Gasteiger partial charge on any atom is -0.480 e. The molecule has 0 spiro atoms. The Balaban J connectivity index is 2.27. The lowest BCUT2D eigenvalue weighted by Gasteiger charge is -2.29. The van der Waals surface area contributed by atoms with Gasteiger partial charge in [-0.3, -0.25) is 9.52 Å². The number of aliphatic carboxylic acids is 1. The Kier molecular flexibility index (Phi) is 5.66. The van der Waals surface area contributed by atoms with E-state index in [1.807, 2.05) is 4.72 Å². The molecule has 25 heavy (non-hydrogen) atoms. The molecule has 0 aromatic heterocycles. The van der Waals surface area contributed by atoms with Gasteiger partial charge in [0.15, 0.2) is 0 Å². The zero-order valence-electron chi connectivity index (χ0n) is 13.8. The third-order valence-electron chi connectivity index (χ3n) is 4.24. The van der Waals surface area contributed by atoms with Crippen molar-refractivity contribution < 1.29 is 27.5 Å². The molecule has 138 valence electrons. The van der Waals surface area contributed by atoms with Gasteiger partial charge < -0.3 is 10.4 Å². The number of nitrogens with one attached hydrogen (secondary N) is 2. The highest BCUT2D eigenvalue weighted by molar-refractivity contribution is 7.92. The molecule has 1 aromatic rings. The van der Waals surface area contributed by atoms with Crippen molar-refractivity contribution >= 4 is 27.6 Å². The minimum atomic E-state index is -3.72. The van der Waals surface area contributed by atoms with Crippen LogP contribution < -0.4 is 10.0 Å². The zero-order chi connectivity index (χ0) is 18.7. The quantitative estimate of drug-likeness (QED) is 0.685. The van der Waals surface area contributed by atoms with Crippen LogP contribution in [0.5, 0.6) is 0 Å². The van der Waals surface area contributed by atoms with Crippen molar-refractivity contribution in [1.29, 1.82) is 0 Å². The number of sulfonamides is 1. The number of anilines is 1. The lowest BCUT2D eigenvalue weighted by molar-refractivity contribution is -0.145. The summed E-state index contributed by atoms with van der Waals surface area (Å²) >= 11 is 0. The van der Waals surface area contributed by atoms with Crippen LogP contribution in [-0.4, -0.2) is 37.2 Å². The fraction of sp³-hybridized carbons (Fsp3) is 0.500. The second-order valence-corrected chi connectivity index (χ2v) is 8.07. The van der Waals surface area contributed by atoms with Crippen LogP contribution in [0.4, 0.5) is 10.1 Å². The number of benzene rings is 1. The van der Waals surface area contributed by atoms with Crippen molar-refractivity contribution in [3.8, 4) is 0 Å². The number of halogens is 1. The Morgan fingerprint density at radius 2 is 1.76 bits per heavy atom. The highest BCUT2D eigenvalue weighted by Crippen LogP contribution is 2.28. The van der Waals surface area contributed by atoms with E-state index in [4.69, 9.17) is 0 Å². The molecule has 1 aromatic carbocycles. The molecular weight excluding hydrogens is 351 g/mol. The molecule has 0 atom stereocenters. The van der Waals surface area contributed by atoms with E-state index in [0.29, 0.717) is 25.7 Å². The third-order valence-corrected chi connectivity index (χ3v) is 4.83. The number of carbonyl (C=O) groups is 2. The molecule has 1 amide bonds. The zero-order valence-corrected chi connectivity index (χ0v) is 14.7. The minimum absolute atomic E-state index is 0.0163. The van der Waals surface area contributed by atoms with Gasteiger partial charge >= 0.3 is 5.97 Å². The summed E-state index contributed by atoms with van der Waals surface area (Å²) in [5.74, 6) is -2.61. The van der Waals surface area contributed by atoms with E-state index >= 15 is 0 Å². The molecular formula is C16H21FN2O5S. The molecule has 0 bridgehead atoms. The number of rotatable bonds is 5. The van der Waals surface area contributed by atoms with Gasteiger partial charge in [-0.25, -0.2) is 17.6 Å². The maximum atomic E-state index is 13.7. The number of hydrogen-bond donors (Lipinski definition) is 3. The van der Waals surface area contributed by atoms with Gasteiger partial charge in [-0.05, 0) is 31.0 Å². The Morgan fingerprint density at radius 1 is 1.16 bits per heavy atom. The Labute approximate surface area is 145 Å². The molecule has 3 N–H and O–H groups in total. The van der Waals surface area contributed by atoms with E-state index in [0.717, 1.165) is 31.2 Å². The van der Waals surface area contributed by atoms with Crippen molar-refractivity contribution in [3.63, 3.8) is 0 Å². The molecule has 1 aliphatic rings. The molecule has 0 aliphatic heterocycles. The van der Waals surface area contributed by atoms with Crippen LogP contribution in [-0.2, 0) is 14.8 Å². The smallest absolute Gasteiger partial charge is 0.329 e. The molecule has 1 aliphatic carbocycles. The third kappa shape index (κ3) is 4.91. The van der Waals surface area contributed by atoms with E-state index in [1.54, 1.807) is 0 Å². The summed E-state index contributed by atoms with van der Waals surface area (Å²) in [6.45, 7) is 0. The summed E-state index contributed by atoms with van der Waals surface area (Å²) in [6, 6.07) is 3.20. The largest absolute Gasteiger partial charge is 0.480 e. The summed E-state index contributed by atoms with van der Waals surface area (Å²) in [6.07, 6.45) is 4.71.